The Kier molecular flexibility index (Phi) is 10.6. The molecule has 4 N–H and O–H groups in total. The van der Waals surface area contributed by atoms with Crippen molar-refractivity contribution in [2.24, 2.45) is 0 Å². The van der Waals surface area contributed by atoms with Crippen LogP contribution in [0.3, 0.4) is 0 Å². The van der Waals surface area contributed by atoms with E-state index in [2.05, 4.69) is 20.5 Å². The molecule has 4 aromatic rings. The fraction of sp³-hybridized carbons (Fsp3) is 0.281. The SMILES string of the molecule is COc1cc2c(Oc3ccc(NC(=S)NC(=O)Cc4cccc(O)c4)cc3F)ccnc2cc1OCC(O)CN1CCOCC1. The van der Waals surface area contributed by atoms with E-state index in [9.17, 15) is 15.0 Å². The number of aliphatic hydroxyl groups excluding tert-OH is 1. The molecule has 11 nitrogen and oxygen atoms in total. The molecule has 236 valence electrons. The number of carbonyl (C=O) groups is 1. The minimum atomic E-state index is -0.707. The number of amides is 1. The van der Waals surface area contributed by atoms with Crippen LogP contribution < -0.4 is 24.8 Å². The molecule has 1 aliphatic rings. The number of β-amino-alcohol motifs (C(OH)–C–C–N with tert-alkyl or cyclic N) is 1. The largest absolute Gasteiger partial charge is 0.508 e. The number of phenolic OH excluding ortho intramolecular Hbond substituents is 1. The third-order valence-corrected chi connectivity index (χ3v) is 7.13. The number of aromatic nitrogens is 1. The Bertz CT molecular complexity index is 1670. The van der Waals surface area contributed by atoms with Crippen molar-refractivity contribution in [3.8, 4) is 28.7 Å². The zero-order chi connectivity index (χ0) is 31.8. The normalized spacial score (nSPS) is 14.0. The summed E-state index contributed by atoms with van der Waals surface area (Å²) in [6.45, 7) is 3.34. The summed E-state index contributed by atoms with van der Waals surface area (Å²) in [5, 5.41) is 25.9. The number of benzene rings is 3. The maximum atomic E-state index is 15.1. The van der Waals surface area contributed by atoms with Crippen LogP contribution in [-0.2, 0) is 16.0 Å². The highest BCUT2D eigenvalue weighted by Gasteiger charge is 2.18. The lowest BCUT2D eigenvalue weighted by Gasteiger charge is -2.28. The summed E-state index contributed by atoms with van der Waals surface area (Å²) >= 11 is 5.20. The third-order valence-electron chi connectivity index (χ3n) is 6.93. The quantitative estimate of drug-likeness (QED) is 0.178. The number of aromatic hydroxyl groups is 1. The smallest absolute Gasteiger partial charge is 0.230 e. The van der Waals surface area contributed by atoms with E-state index in [-0.39, 0.29) is 29.6 Å². The van der Waals surface area contributed by atoms with Crippen LogP contribution in [0.25, 0.3) is 10.9 Å². The number of morpholine rings is 1. The number of ether oxygens (including phenoxy) is 4. The molecule has 45 heavy (non-hydrogen) atoms. The first-order valence-corrected chi connectivity index (χ1v) is 14.6. The van der Waals surface area contributed by atoms with E-state index in [4.69, 9.17) is 31.2 Å². The van der Waals surface area contributed by atoms with E-state index in [1.165, 1.54) is 37.6 Å². The Morgan fingerprint density at radius 1 is 1.09 bits per heavy atom. The number of halogens is 1. The Hall–Kier alpha value is -4.56. The number of phenols is 1. The van der Waals surface area contributed by atoms with Crippen molar-refractivity contribution in [3.63, 3.8) is 0 Å². The molecule has 1 fully saturated rings. The van der Waals surface area contributed by atoms with Gasteiger partial charge < -0.3 is 39.8 Å². The molecule has 0 spiro atoms. The number of nitrogens with zero attached hydrogens (tertiary/aromatic N) is 2. The van der Waals surface area contributed by atoms with Crippen molar-refractivity contribution in [1.82, 2.24) is 15.2 Å². The highest BCUT2D eigenvalue weighted by Crippen LogP contribution is 2.38. The molecule has 0 saturated carbocycles. The van der Waals surface area contributed by atoms with Crippen LogP contribution in [0.15, 0.2) is 66.9 Å². The fourth-order valence-corrected chi connectivity index (χ4v) is 5.01. The van der Waals surface area contributed by atoms with Crippen molar-refractivity contribution in [1.29, 1.82) is 0 Å². The lowest BCUT2D eigenvalue weighted by Crippen LogP contribution is -2.42. The molecule has 1 saturated heterocycles. The van der Waals surface area contributed by atoms with Gasteiger partial charge in [-0.2, -0.15) is 0 Å². The van der Waals surface area contributed by atoms with Crippen LogP contribution in [0.5, 0.6) is 28.7 Å². The minimum Gasteiger partial charge on any atom is -0.508 e. The summed E-state index contributed by atoms with van der Waals surface area (Å²) in [6.07, 6.45) is 0.835. The molecule has 0 bridgehead atoms. The van der Waals surface area contributed by atoms with Gasteiger partial charge >= 0.3 is 0 Å². The van der Waals surface area contributed by atoms with Gasteiger partial charge in [-0.15, -0.1) is 0 Å². The molecular weight excluding hydrogens is 603 g/mol. The predicted octanol–water partition coefficient (Wildman–Crippen LogP) is 4.01. The summed E-state index contributed by atoms with van der Waals surface area (Å²) < 4.78 is 37.8. The molecule has 0 radical (unpaired) electrons. The summed E-state index contributed by atoms with van der Waals surface area (Å²) in [5.41, 5.74) is 1.45. The van der Waals surface area contributed by atoms with Crippen molar-refractivity contribution in [2.45, 2.75) is 12.5 Å². The second-order valence-corrected chi connectivity index (χ2v) is 10.7. The molecule has 13 heteroatoms. The first-order valence-electron chi connectivity index (χ1n) is 14.2. The Morgan fingerprint density at radius 2 is 1.91 bits per heavy atom. The molecule has 1 amide bonds. The molecule has 0 aliphatic carbocycles. The van der Waals surface area contributed by atoms with Gasteiger partial charge in [0.25, 0.3) is 0 Å². The lowest BCUT2D eigenvalue weighted by atomic mass is 10.1. The van der Waals surface area contributed by atoms with Crippen LogP contribution in [-0.4, -0.2) is 83.8 Å². The topological polar surface area (TPSA) is 135 Å². The first-order chi connectivity index (χ1) is 21.8. The van der Waals surface area contributed by atoms with Gasteiger partial charge in [-0.25, -0.2) is 4.39 Å². The van der Waals surface area contributed by atoms with E-state index >= 15 is 4.39 Å². The first kappa shape index (κ1) is 31.9. The number of aliphatic hydroxyl groups is 1. The van der Waals surface area contributed by atoms with Crippen LogP contribution in [0.4, 0.5) is 10.1 Å². The highest BCUT2D eigenvalue weighted by molar-refractivity contribution is 7.80. The number of carbonyl (C=O) groups excluding carboxylic acids is 1. The number of methoxy groups -OCH3 is 1. The maximum Gasteiger partial charge on any atom is 0.230 e. The summed E-state index contributed by atoms with van der Waals surface area (Å²) in [5.74, 6) is 0.101. The van der Waals surface area contributed by atoms with Gasteiger partial charge in [0.05, 0.1) is 32.3 Å². The molecule has 3 aromatic carbocycles. The Morgan fingerprint density at radius 3 is 2.67 bits per heavy atom. The zero-order valence-corrected chi connectivity index (χ0v) is 25.3. The van der Waals surface area contributed by atoms with Crippen LogP contribution in [0, 0.1) is 5.82 Å². The number of hydrogen-bond donors (Lipinski definition) is 4. The molecule has 2 heterocycles. The number of pyridine rings is 1. The monoisotopic (exact) mass is 636 g/mol. The number of thiocarbonyl (C=S) groups is 1. The minimum absolute atomic E-state index is 0.00648. The second-order valence-electron chi connectivity index (χ2n) is 10.3. The molecule has 1 aromatic heterocycles. The van der Waals surface area contributed by atoms with Gasteiger partial charge in [0, 0.05) is 49.0 Å². The fourth-order valence-electron chi connectivity index (χ4n) is 4.78. The molecule has 1 unspecified atom stereocenters. The Balaban J connectivity index is 1.21. The van der Waals surface area contributed by atoms with Gasteiger partial charge in [-0.3, -0.25) is 14.7 Å². The van der Waals surface area contributed by atoms with E-state index < -0.39 is 17.8 Å². The van der Waals surface area contributed by atoms with Gasteiger partial charge in [0.1, 0.15) is 24.2 Å². The molecule has 5 rings (SSSR count). The van der Waals surface area contributed by atoms with E-state index in [1.54, 1.807) is 36.4 Å². The molecule has 1 atom stereocenters. The van der Waals surface area contributed by atoms with Crippen LogP contribution >= 0.6 is 12.2 Å². The predicted molar refractivity (Wildman–Crippen MR) is 170 cm³/mol. The number of anilines is 1. The van der Waals surface area contributed by atoms with Gasteiger partial charge in [0.2, 0.25) is 5.91 Å². The third kappa shape index (κ3) is 8.76. The summed E-state index contributed by atoms with van der Waals surface area (Å²) in [4.78, 5) is 18.8. The average molecular weight is 637 g/mol. The van der Waals surface area contributed by atoms with Crippen molar-refractivity contribution >= 4 is 39.8 Å². The maximum absolute atomic E-state index is 15.1. The number of nitrogens with one attached hydrogen (secondary N) is 2. The van der Waals surface area contributed by atoms with Crippen molar-refractivity contribution in [2.75, 3.05) is 51.9 Å². The van der Waals surface area contributed by atoms with Crippen molar-refractivity contribution in [3.05, 3.63) is 78.2 Å². The van der Waals surface area contributed by atoms with Crippen LogP contribution in [0.1, 0.15) is 5.56 Å². The lowest BCUT2D eigenvalue weighted by molar-refractivity contribution is -0.119. The average Bonchev–Trinajstić information content (AvgIpc) is 3.01. The van der Waals surface area contributed by atoms with Crippen LogP contribution in [0.2, 0.25) is 0 Å². The molecule has 1 aliphatic heterocycles. The van der Waals surface area contributed by atoms with Gasteiger partial charge in [-0.1, -0.05) is 12.1 Å². The number of rotatable bonds is 11. The molecular formula is C32H33FN4O7S. The summed E-state index contributed by atoms with van der Waals surface area (Å²) in [6, 6.07) is 15.5. The Labute approximate surface area is 264 Å². The standard InChI is InChI=1S/C32H33FN4O7S/c1-41-29-16-24-26(17-30(29)43-19-23(39)18-37-9-11-42-12-10-37)34-8-7-27(24)44-28-6-5-21(15-25(28)33)35-32(45)36-31(40)14-20-3-2-4-22(38)13-20/h2-8,13,15-17,23,38-39H,9-12,14,18-19H2,1H3,(H2,35,36,40,45). The number of fused-ring (bicyclic) bond motifs is 1. The summed E-state index contributed by atoms with van der Waals surface area (Å²) in [7, 11) is 1.50. The van der Waals surface area contributed by atoms with E-state index in [1.807, 2.05) is 0 Å². The highest BCUT2D eigenvalue weighted by atomic mass is 32.1. The van der Waals surface area contributed by atoms with Crippen molar-refractivity contribution < 1.29 is 38.3 Å². The zero-order valence-electron chi connectivity index (χ0n) is 24.5. The second kappa shape index (κ2) is 14.9. The number of hydrogen-bond acceptors (Lipinski definition) is 10. The van der Waals surface area contributed by atoms with E-state index in [0.717, 1.165) is 13.1 Å². The van der Waals surface area contributed by atoms with Gasteiger partial charge in [0.15, 0.2) is 28.2 Å². The van der Waals surface area contributed by atoms with E-state index in [0.29, 0.717) is 59.2 Å². The van der Waals surface area contributed by atoms with Gasteiger partial charge in [-0.05, 0) is 54.2 Å².